The van der Waals surface area contributed by atoms with Crippen LogP contribution in [0.5, 0.6) is 0 Å². The topological polar surface area (TPSA) is 120 Å². The first kappa shape index (κ1) is 21.8. The molecule has 0 amide bonds. The highest BCUT2D eigenvalue weighted by atomic mass is 79.9. The van der Waals surface area contributed by atoms with Crippen molar-refractivity contribution in [1.82, 2.24) is 9.55 Å². The maximum absolute atomic E-state index is 11.9. The normalized spacial score (nSPS) is 26.2. The number of nitrogens with zero attached hydrogens (tertiary/aromatic N) is 2. The van der Waals surface area contributed by atoms with E-state index in [2.05, 4.69) is 20.9 Å². The molecule has 8 nitrogen and oxygen atoms in total. The van der Waals surface area contributed by atoms with Gasteiger partial charge in [-0.1, -0.05) is 37.0 Å². The Morgan fingerprint density at radius 2 is 2.00 bits per heavy atom. The van der Waals surface area contributed by atoms with Crippen molar-refractivity contribution in [3.8, 4) is 0 Å². The fourth-order valence-electron chi connectivity index (χ4n) is 2.92. The number of rotatable bonds is 5. The van der Waals surface area contributed by atoms with Crippen LogP contribution in [0.15, 0.2) is 16.9 Å². The van der Waals surface area contributed by atoms with Crippen LogP contribution in [0.3, 0.4) is 0 Å². The number of nitrogens with two attached hydrogens (primary N) is 1. The third kappa shape index (κ3) is 4.02. The number of aliphatic hydroxyl groups excluding tert-OH is 2. The summed E-state index contributed by atoms with van der Waals surface area (Å²) in [7, 11) is 0. The number of esters is 1. The number of halogens is 3. The van der Waals surface area contributed by atoms with Gasteiger partial charge in [-0.25, -0.2) is 4.98 Å². The highest BCUT2D eigenvalue weighted by Crippen LogP contribution is 2.37. The molecule has 0 bridgehead atoms. The van der Waals surface area contributed by atoms with E-state index in [0.29, 0.717) is 25.8 Å². The van der Waals surface area contributed by atoms with E-state index in [-0.39, 0.29) is 12.5 Å². The lowest BCUT2D eigenvalue weighted by Crippen LogP contribution is -2.40. The SMILES string of the molecule is CC(C)C(N)C(=O)OC[C@H]1O[C@@H](n2c(Br)nc3cc(Cl)c(Cl)cc32)[C@H](O)[C@@H]1O. The molecule has 4 N–H and O–H groups in total. The molecule has 0 aliphatic carbocycles. The Balaban J connectivity index is 1.81. The number of imidazole rings is 1. The summed E-state index contributed by atoms with van der Waals surface area (Å²) in [6.07, 6.45) is -4.48. The van der Waals surface area contributed by atoms with Crippen LogP contribution in [0.25, 0.3) is 11.0 Å². The summed E-state index contributed by atoms with van der Waals surface area (Å²) in [6.45, 7) is 3.35. The van der Waals surface area contributed by atoms with E-state index in [1.807, 2.05) is 0 Å². The van der Waals surface area contributed by atoms with Crippen LogP contribution >= 0.6 is 39.1 Å². The number of aliphatic hydroxyl groups is 2. The average Bonchev–Trinajstić information content (AvgIpc) is 3.09. The molecule has 0 radical (unpaired) electrons. The van der Waals surface area contributed by atoms with Gasteiger partial charge in [-0.15, -0.1) is 0 Å². The van der Waals surface area contributed by atoms with Gasteiger partial charge in [-0.2, -0.15) is 0 Å². The number of carbonyl (C=O) groups is 1. The summed E-state index contributed by atoms with van der Waals surface area (Å²) in [6, 6.07) is 2.40. The summed E-state index contributed by atoms with van der Waals surface area (Å²) < 4.78 is 12.8. The molecular formula is C17H20BrCl2N3O5. The van der Waals surface area contributed by atoms with E-state index >= 15 is 0 Å². The van der Waals surface area contributed by atoms with Gasteiger partial charge < -0.3 is 25.4 Å². The zero-order valence-electron chi connectivity index (χ0n) is 15.1. The molecule has 1 aliphatic rings. The second-order valence-electron chi connectivity index (χ2n) is 6.95. The first-order valence-corrected chi connectivity index (χ1v) is 10.1. The first-order valence-electron chi connectivity index (χ1n) is 8.58. The van der Waals surface area contributed by atoms with Crippen LogP contribution in [0.4, 0.5) is 0 Å². The molecule has 1 aliphatic heterocycles. The Morgan fingerprint density at radius 3 is 2.64 bits per heavy atom. The van der Waals surface area contributed by atoms with E-state index in [0.717, 1.165) is 0 Å². The zero-order valence-corrected chi connectivity index (χ0v) is 18.1. The van der Waals surface area contributed by atoms with Crippen molar-refractivity contribution >= 4 is 56.1 Å². The molecule has 0 saturated carbocycles. The van der Waals surface area contributed by atoms with Crippen molar-refractivity contribution in [3.05, 3.63) is 26.9 Å². The summed E-state index contributed by atoms with van der Waals surface area (Å²) in [5, 5.41) is 21.5. The number of ether oxygens (including phenoxy) is 2. The largest absolute Gasteiger partial charge is 0.462 e. The molecule has 1 aromatic heterocycles. The molecule has 0 spiro atoms. The van der Waals surface area contributed by atoms with Gasteiger partial charge in [0.2, 0.25) is 0 Å². The fraction of sp³-hybridized carbons (Fsp3) is 0.529. The average molecular weight is 497 g/mol. The molecule has 28 heavy (non-hydrogen) atoms. The molecule has 3 rings (SSSR count). The number of hydrogen-bond acceptors (Lipinski definition) is 7. The van der Waals surface area contributed by atoms with E-state index in [1.165, 1.54) is 0 Å². The van der Waals surface area contributed by atoms with Gasteiger partial charge in [0.05, 0.1) is 21.1 Å². The minimum Gasteiger partial charge on any atom is -0.462 e. The van der Waals surface area contributed by atoms with Gasteiger partial charge >= 0.3 is 5.97 Å². The Morgan fingerprint density at radius 1 is 1.36 bits per heavy atom. The van der Waals surface area contributed by atoms with Gasteiger partial charge in [0.15, 0.2) is 11.0 Å². The molecule has 11 heteroatoms. The summed E-state index contributed by atoms with van der Waals surface area (Å²) in [5.41, 5.74) is 6.84. The van der Waals surface area contributed by atoms with Crippen LogP contribution in [0, 0.1) is 5.92 Å². The third-order valence-corrected chi connectivity index (χ3v) is 5.94. The third-order valence-electron chi connectivity index (χ3n) is 4.66. The lowest BCUT2D eigenvalue weighted by Gasteiger charge is -2.19. The number of aromatic nitrogens is 2. The number of fused-ring (bicyclic) bond motifs is 1. The Hall–Kier alpha value is -0.940. The standard InChI is InChI=1S/C17H20BrCl2N3O5/c1-6(2)12(21)16(26)27-5-11-13(24)14(25)15(28-11)23-10-4-8(20)7(19)3-9(10)22-17(23)18/h3-4,6,11-15,24-25H,5,21H2,1-2H3/t11-,12?,13-,14-,15-/m1/s1. The number of carbonyl (C=O) groups excluding carboxylic acids is 1. The van der Waals surface area contributed by atoms with Crippen LogP contribution in [0.2, 0.25) is 10.0 Å². The second-order valence-corrected chi connectivity index (χ2v) is 8.48. The molecule has 2 aromatic rings. The van der Waals surface area contributed by atoms with Crippen LogP contribution in [0.1, 0.15) is 20.1 Å². The maximum Gasteiger partial charge on any atom is 0.323 e. The van der Waals surface area contributed by atoms with E-state index in [1.54, 1.807) is 30.5 Å². The molecule has 1 fully saturated rings. The van der Waals surface area contributed by atoms with Crippen LogP contribution < -0.4 is 5.73 Å². The molecule has 1 saturated heterocycles. The fourth-order valence-corrected chi connectivity index (χ4v) is 3.82. The van der Waals surface area contributed by atoms with Crippen molar-refractivity contribution in [3.63, 3.8) is 0 Å². The van der Waals surface area contributed by atoms with E-state index in [4.69, 9.17) is 38.4 Å². The van der Waals surface area contributed by atoms with Gasteiger partial charge in [-0.3, -0.25) is 9.36 Å². The molecular weight excluding hydrogens is 477 g/mol. The summed E-state index contributed by atoms with van der Waals surface area (Å²) >= 11 is 15.4. The molecule has 1 unspecified atom stereocenters. The van der Waals surface area contributed by atoms with Crippen molar-refractivity contribution in [1.29, 1.82) is 0 Å². The Kier molecular flexibility index (Phi) is 6.55. The molecule has 1 aromatic carbocycles. The Labute approximate surface area is 179 Å². The smallest absolute Gasteiger partial charge is 0.323 e. The van der Waals surface area contributed by atoms with E-state index < -0.39 is 36.6 Å². The number of benzene rings is 1. The molecule has 2 heterocycles. The number of hydrogen-bond donors (Lipinski definition) is 3. The van der Waals surface area contributed by atoms with Gasteiger partial charge in [0.25, 0.3) is 0 Å². The van der Waals surface area contributed by atoms with Crippen LogP contribution in [-0.2, 0) is 14.3 Å². The van der Waals surface area contributed by atoms with Crippen LogP contribution in [-0.4, -0.2) is 56.7 Å². The first-order chi connectivity index (χ1) is 13.1. The maximum atomic E-state index is 11.9. The lowest BCUT2D eigenvalue weighted by molar-refractivity contribution is -0.152. The van der Waals surface area contributed by atoms with Crippen molar-refractivity contribution in [2.45, 2.75) is 44.4 Å². The quantitative estimate of drug-likeness (QED) is 0.543. The molecule has 5 atom stereocenters. The predicted molar refractivity (Wildman–Crippen MR) is 107 cm³/mol. The summed E-state index contributed by atoms with van der Waals surface area (Å²) in [4.78, 5) is 16.3. The highest BCUT2D eigenvalue weighted by molar-refractivity contribution is 9.10. The highest BCUT2D eigenvalue weighted by Gasteiger charge is 2.45. The van der Waals surface area contributed by atoms with Crippen molar-refractivity contribution < 1.29 is 24.5 Å². The summed E-state index contributed by atoms with van der Waals surface area (Å²) in [5.74, 6) is -0.690. The monoisotopic (exact) mass is 495 g/mol. The van der Waals surface area contributed by atoms with Crippen molar-refractivity contribution in [2.75, 3.05) is 6.61 Å². The predicted octanol–water partition coefficient (Wildman–Crippen LogP) is 2.25. The second kappa shape index (κ2) is 8.43. The Bertz CT molecular complexity index is 893. The van der Waals surface area contributed by atoms with Crippen molar-refractivity contribution in [2.24, 2.45) is 11.7 Å². The minimum atomic E-state index is -1.29. The van der Waals surface area contributed by atoms with Gasteiger partial charge in [-0.05, 0) is 34.0 Å². The van der Waals surface area contributed by atoms with E-state index in [9.17, 15) is 15.0 Å². The zero-order chi connectivity index (χ0) is 20.7. The lowest BCUT2D eigenvalue weighted by atomic mass is 10.1. The minimum absolute atomic E-state index is 0.0925. The van der Waals surface area contributed by atoms with Gasteiger partial charge in [0.1, 0.15) is 31.0 Å². The molecule has 154 valence electrons. The van der Waals surface area contributed by atoms with Gasteiger partial charge in [0, 0.05) is 0 Å².